The highest BCUT2D eigenvalue weighted by Gasteiger charge is 2.64. The van der Waals surface area contributed by atoms with Gasteiger partial charge in [0.2, 0.25) is 0 Å². The number of hydrogen-bond donors (Lipinski definition) is 1. The van der Waals surface area contributed by atoms with Gasteiger partial charge in [-0.3, -0.25) is 4.79 Å². The molecule has 2 heteroatoms. The summed E-state index contributed by atoms with van der Waals surface area (Å²) in [5.41, 5.74) is 0.328. The Morgan fingerprint density at radius 2 is 1.71 bits per heavy atom. The van der Waals surface area contributed by atoms with Crippen LogP contribution in [0, 0.1) is 52.3 Å². The lowest BCUT2D eigenvalue weighted by Gasteiger charge is -2.62. The molecule has 2 nitrogen and oxygen atoms in total. The maximum absolute atomic E-state index is 13.0. The van der Waals surface area contributed by atoms with E-state index in [9.17, 15) is 9.90 Å². The van der Waals surface area contributed by atoms with Crippen molar-refractivity contribution in [3.63, 3.8) is 0 Å². The van der Waals surface area contributed by atoms with Crippen LogP contribution in [0.5, 0.6) is 0 Å². The molecule has 0 radical (unpaired) electrons. The Kier molecular flexibility index (Phi) is 3.78. The normalized spacial score (nSPS) is 60.3. The van der Waals surface area contributed by atoms with E-state index in [0.29, 0.717) is 34.9 Å². The second-order valence-electron chi connectivity index (χ2n) is 10.5. The van der Waals surface area contributed by atoms with Gasteiger partial charge in [-0.15, -0.1) is 0 Å². The zero-order chi connectivity index (χ0) is 17.4. The minimum atomic E-state index is -0.0806. The number of aliphatic hydroxyl groups is 1. The molecule has 0 spiro atoms. The second kappa shape index (κ2) is 5.32. The predicted molar refractivity (Wildman–Crippen MR) is 96.4 cm³/mol. The Morgan fingerprint density at radius 1 is 1.00 bits per heavy atom. The Hall–Kier alpha value is -0.370. The molecule has 4 rings (SSSR count). The number of fused-ring (bicyclic) bond motifs is 5. The maximum Gasteiger partial charge on any atom is 0.142 e. The molecule has 136 valence electrons. The van der Waals surface area contributed by atoms with Gasteiger partial charge in [0.15, 0.2) is 0 Å². The van der Waals surface area contributed by atoms with Gasteiger partial charge < -0.3 is 5.11 Å². The van der Waals surface area contributed by atoms with Gasteiger partial charge in [-0.05, 0) is 79.4 Å². The van der Waals surface area contributed by atoms with Crippen molar-refractivity contribution in [3.8, 4) is 0 Å². The van der Waals surface area contributed by atoms with Crippen LogP contribution in [0.2, 0.25) is 0 Å². The topological polar surface area (TPSA) is 37.3 Å². The Balaban J connectivity index is 1.72. The number of ketones is 1. The van der Waals surface area contributed by atoms with Crippen molar-refractivity contribution in [1.29, 1.82) is 0 Å². The van der Waals surface area contributed by atoms with Crippen molar-refractivity contribution in [2.75, 3.05) is 0 Å². The average molecular weight is 333 g/mol. The Bertz CT molecular complexity index is 542. The van der Waals surface area contributed by atoms with Gasteiger partial charge in [0, 0.05) is 11.3 Å². The lowest BCUT2D eigenvalue weighted by Crippen LogP contribution is -2.56. The number of rotatable bonds is 0. The molecule has 0 bridgehead atoms. The largest absolute Gasteiger partial charge is 0.393 e. The molecule has 0 saturated heterocycles. The smallest absolute Gasteiger partial charge is 0.142 e. The third kappa shape index (κ3) is 2.01. The quantitative estimate of drug-likeness (QED) is 0.698. The van der Waals surface area contributed by atoms with E-state index in [4.69, 9.17) is 0 Å². The van der Waals surface area contributed by atoms with E-state index < -0.39 is 0 Å². The van der Waals surface area contributed by atoms with Crippen LogP contribution < -0.4 is 0 Å². The van der Waals surface area contributed by atoms with Crippen LogP contribution in [-0.4, -0.2) is 17.0 Å². The number of carbonyl (C=O) groups excluding carboxylic acids is 1. The highest BCUT2D eigenvalue weighted by molar-refractivity contribution is 5.89. The van der Waals surface area contributed by atoms with Gasteiger partial charge >= 0.3 is 0 Å². The molecule has 4 fully saturated rings. The summed E-state index contributed by atoms with van der Waals surface area (Å²) >= 11 is 0. The molecule has 0 heterocycles. The van der Waals surface area contributed by atoms with Crippen LogP contribution in [0.25, 0.3) is 0 Å². The van der Waals surface area contributed by atoms with Crippen LogP contribution in [-0.2, 0) is 4.79 Å². The van der Waals surface area contributed by atoms with Gasteiger partial charge in [-0.2, -0.15) is 0 Å². The molecule has 4 aliphatic carbocycles. The van der Waals surface area contributed by atoms with Crippen molar-refractivity contribution in [2.45, 2.75) is 79.2 Å². The molecule has 0 aliphatic heterocycles. The summed E-state index contributed by atoms with van der Waals surface area (Å²) in [5, 5.41) is 10.2. The standard InChI is InChI=1S/C22H36O2/c1-12-10-16-17(21(4)8-6-15(23)11-18(12)21)7-9-22(5)19(16)13(2)14(3)20(22)24/h12-19,23H,6-11H2,1-5H3/t12?,13?,14?,15-,16?,17?,18?,19?,21+,22-/m0/s1. The lowest BCUT2D eigenvalue weighted by molar-refractivity contribution is -0.155. The van der Waals surface area contributed by atoms with E-state index in [-0.39, 0.29) is 17.4 Å². The van der Waals surface area contributed by atoms with Crippen molar-refractivity contribution >= 4 is 5.78 Å². The number of carbonyl (C=O) groups is 1. The molecular formula is C22H36O2. The summed E-state index contributed by atoms with van der Waals surface area (Å²) in [6.45, 7) is 11.8. The van der Waals surface area contributed by atoms with Gasteiger partial charge in [-0.1, -0.05) is 34.6 Å². The molecule has 1 N–H and O–H groups in total. The Labute approximate surface area is 147 Å². The van der Waals surface area contributed by atoms with Crippen LogP contribution >= 0.6 is 0 Å². The highest BCUT2D eigenvalue weighted by atomic mass is 16.3. The van der Waals surface area contributed by atoms with Crippen LogP contribution in [0.15, 0.2) is 0 Å². The zero-order valence-electron chi connectivity index (χ0n) is 16.2. The first-order valence-electron chi connectivity index (χ1n) is 10.4. The zero-order valence-corrected chi connectivity index (χ0v) is 16.2. The fourth-order valence-electron chi connectivity index (χ4n) is 8.30. The highest BCUT2D eigenvalue weighted by Crippen LogP contribution is 2.68. The number of aliphatic hydroxyl groups excluding tert-OH is 1. The molecule has 4 saturated carbocycles. The van der Waals surface area contributed by atoms with E-state index in [0.717, 1.165) is 31.1 Å². The first-order chi connectivity index (χ1) is 11.2. The van der Waals surface area contributed by atoms with E-state index in [1.54, 1.807) is 0 Å². The molecule has 24 heavy (non-hydrogen) atoms. The fourth-order valence-corrected chi connectivity index (χ4v) is 8.30. The van der Waals surface area contributed by atoms with E-state index in [1.165, 1.54) is 19.3 Å². The maximum atomic E-state index is 13.0. The van der Waals surface area contributed by atoms with E-state index >= 15 is 0 Å². The fraction of sp³-hybridized carbons (Fsp3) is 0.955. The summed E-state index contributed by atoms with van der Waals surface area (Å²) in [4.78, 5) is 13.0. The number of hydrogen-bond acceptors (Lipinski definition) is 2. The third-order valence-electron chi connectivity index (χ3n) is 9.59. The molecule has 7 unspecified atom stereocenters. The average Bonchev–Trinajstić information content (AvgIpc) is 2.70. The summed E-state index contributed by atoms with van der Waals surface area (Å²) in [7, 11) is 0. The predicted octanol–water partition coefficient (Wildman–Crippen LogP) is 4.70. The summed E-state index contributed by atoms with van der Waals surface area (Å²) < 4.78 is 0. The first-order valence-corrected chi connectivity index (χ1v) is 10.4. The van der Waals surface area contributed by atoms with Gasteiger partial charge in [-0.25, -0.2) is 0 Å². The SMILES string of the molecule is CC1CC2C(CC[C@]3(C)C(=O)C(C)C(C)C23)[C@@]2(C)CC[C@H](O)CC12. The monoisotopic (exact) mass is 332 g/mol. The second-order valence-corrected chi connectivity index (χ2v) is 10.5. The van der Waals surface area contributed by atoms with Crippen molar-refractivity contribution in [2.24, 2.45) is 52.3 Å². The van der Waals surface area contributed by atoms with Crippen molar-refractivity contribution in [3.05, 3.63) is 0 Å². The Morgan fingerprint density at radius 3 is 2.42 bits per heavy atom. The molecule has 0 amide bonds. The van der Waals surface area contributed by atoms with Gasteiger partial charge in [0.25, 0.3) is 0 Å². The number of Topliss-reactive ketones (excluding diaryl/α,β-unsaturated/α-hetero) is 1. The minimum Gasteiger partial charge on any atom is -0.393 e. The molecule has 10 atom stereocenters. The molecule has 0 aromatic rings. The van der Waals surface area contributed by atoms with Crippen LogP contribution in [0.1, 0.15) is 73.1 Å². The first kappa shape index (κ1) is 17.1. The van der Waals surface area contributed by atoms with Crippen molar-refractivity contribution < 1.29 is 9.90 Å². The van der Waals surface area contributed by atoms with E-state index in [1.807, 2.05) is 0 Å². The minimum absolute atomic E-state index is 0.0584. The molecule has 0 aromatic carbocycles. The van der Waals surface area contributed by atoms with Gasteiger partial charge in [0.1, 0.15) is 5.78 Å². The van der Waals surface area contributed by atoms with E-state index in [2.05, 4.69) is 34.6 Å². The lowest BCUT2D eigenvalue weighted by atomic mass is 9.43. The molecular weight excluding hydrogens is 296 g/mol. The molecule has 0 aromatic heterocycles. The van der Waals surface area contributed by atoms with Crippen LogP contribution in [0.4, 0.5) is 0 Å². The molecule has 4 aliphatic rings. The summed E-state index contributed by atoms with van der Waals surface area (Å²) in [6.07, 6.45) is 6.71. The summed E-state index contributed by atoms with van der Waals surface area (Å²) in [6, 6.07) is 0. The van der Waals surface area contributed by atoms with Crippen molar-refractivity contribution in [1.82, 2.24) is 0 Å². The third-order valence-corrected chi connectivity index (χ3v) is 9.59. The van der Waals surface area contributed by atoms with Crippen LogP contribution in [0.3, 0.4) is 0 Å². The summed E-state index contributed by atoms with van der Waals surface area (Å²) in [5.74, 6) is 4.78. The van der Waals surface area contributed by atoms with Gasteiger partial charge in [0.05, 0.1) is 6.10 Å².